The van der Waals surface area contributed by atoms with E-state index in [1.807, 2.05) is 0 Å². The van der Waals surface area contributed by atoms with E-state index in [4.69, 9.17) is 5.11 Å². The number of rotatable bonds is 6. The Morgan fingerprint density at radius 3 is 2.82 bits per heavy atom. The first-order valence-electron chi connectivity index (χ1n) is 6.39. The largest absolute Gasteiger partial charge is 0.396 e. The Hall–Kier alpha value is -0.380. The number of benzene rings is 1. The summed E-state index contributed by atoms with van der Waals surface area (Å²) in [4.78, 5) is 0. The third-order valence-electron chi connectivity index (χ3n) is 3.48. The highest BCUT2D eigenvalue weighted by Crippen LogP contribution is 2.37. The molecular formula is C14H20BrNO. The molecule has 1 aromatic carbocycles. The Labute approximate surface area is 112 Å². The molecule has 0 amide bonds. The summed E-state index contributed by atoms with van der Waals surface area (Å²) >= 11 is 3.52. The van der Waals surface area contributed by atoms with E-state index in [-0.39, 0.29) is 0 Å². The lowest BCUT2D eigenvalue weighted by Crippen LogP contribution is -2.40. The lowest BCUT2D eigenvalue weighted by atomic mass is 9.76. The van der Waals surface area contributed by atoms with Crippen LogP contribution in [0, 0.1) is 0 Å². The van der Waals surface area contributed by atoms with E-state index in [1.165, 1.54) is 22.9 Å². The lowest BCUT2D eigenvalue weighted by molar-refractivity contribution is 0.267. The van der Waals surface area contributed by atoms with Crippen LogP contribution in [0.25, 0.3) is 0 Å². The maximum atomic E-state index is 8.69. The SMILES string of the molecule is OCCCCNC1CC(c2cccc(Br)c2)C1. The van der Waals surface area contributed by atoms with Crippen molar-refractivity contribution in [3.8, 4) is 0 Å². The molecule has 0 saturated heterocycles. The highest BCUT2D eigenvalue weighted by molar-refractivity contribution is 9.10. The average molecular weight is 298 g/mol. The summed E-state index contributed by atoms with van der Waals surface area (Å²) in [6.45, 7) is 1.35. The molecule has 1 saturated carbocycles. The van der Waals surface area contributed by atoms with Crippen LogP contribution in [0.1, 0.15) is 37.2 Å². The molecule has 0 radical (unpaired) electrons. The summed E-state index contributed by atoms with van der Waals surface area (Å²) < 4.78 is 1.18. The Morgan fingerprint density at radius 2 is 2.12 bits per heavy atom. The van der Waals surface area contributed by atoms with Gasteiger partial charge in [0.1, 0.15) is 0 Å². The van der Waals surface area contributed by atoms with Gasteiger partial charge in [-0.05, 0) is 55.8 Å². The van der Waals surface area contributed by atoms with Crippen LogP contribution in [0.2, 0.25) is 0 Å². The number of halogens is 1. The third kappa shape index (κ3) is 3.80. The van der Waals surface area contributed by atoms with Crippen LogP contribution in [0.15, 0.2) is 28.7 Å². The fourth-order valence-electron chi connectivity index (χ4n) is 2.36. The molecule has 2 N–H and O–H groups in total. The summed E-state index contributed by atoms with van der Waals surface area (Å²) in [7, 11) is 0. The molecule has 0 heterocycles. The van der Waals surface area contributed by atoms with Crippen molar-refractivity contribution < 1.29 is 5.11 Å². The number of hydrogen-bond donors (Lipinski definition) is 2. The predicted octanol–water partition coefficient (Wildman–Crippen LogP) is 3.06. The third-order valence-corrected chi connectivity index (χ3v) is 3.97. The van der Waals surface area contributed by atoms with Crippen LogP contribution in [-0.4, -0.2) is 24.3 Å². The van der Waals surface area contributed by atoms with Gasteiger partial charge >= 0.3 is 0 Å². The second kappa shape index (κ2) is 6.53. The molecule has 2 nitrogen and oxygen atoms in total. The molecule has 2 rings (SSSR count). The monoisotopic (exact) mass is 297 g/mol. The minimum absolute atomic E-state index is 0.313. The zero-order chi connectivity index (χ0) is 12.1. The number of hydrogen-bond acceptors (Lipinski definition) is 2. The second-order valence-corrected chi connectivity index (χ2v) is 5.72. The number of aliphatic hydroxyl groups is 1. The fourth-order valence-corrected chi connectivity index (χ4v) is 2.78. The van der Waals surface area contributed by atoms with Gasteiger partial charge in [-0.15, -0.1) is 0 Å². The maximum Gasteiger partial charge on any atom is 0.0431 e. The Bertz CT molecular complexity index is 350. The summed E-state index contributed by atoms with van der Waals surface area (Å²) in [5.74, 6) is 0.725. The number of nitrogens with one attached hydrogen (secondary N) is 1. The molecule has 0 bridgehead atoms. The van der Waals surface area contributed by atoms with Crippen molar-refractivity contribution in [3.05, 3.63) is 34.3 Å². The van der Waals surface area contributed by atoms with Crippen LogP contribution in [-0.2, 0) is 0 Å². The molecule has 3 heteroatoms. The van der Waals surface area contributed by atoms with E-state index < -0.39 is 0 Å². The van der Waals surface area contributed by atoms with Gasteiger partial charge in [0.25, 0.3) is 0 Å². The Morgan fingerprint density at radius 1 is 1.29 bits per heavy atom. The molecule has 0 aromatic heterocycles. The quantitative estimate of drug-likeness (QED) is 0.791. The first-order valence-corrected chi connectivity index (χ1v) is 7.18. The van der Waals surface area contributed by atoms with Crippen LogP contribution < -0.4 is 5.32 Å². The second-order valence-electron chi connectivity index (χ2n) is 4.81. The minimum Gasteiger partial charge on any atom is -0.396 e. The van der Waals surface area contributed by atoms with Gasteiger partial charge in [0.2, 0.25) is 0 Å². The predicted molar refractivity (Wildman–Crippen MR) is 74.2 cm³/mol. The molecular weight excluding hydrogens is 278 g/mol. The van der Waals surface area contributed by atoms with Gasteiger partial charge in [-0.2, -0.15) is 0 Å². The van der Waals surface area contributed by atoms with Crippen LogP contribution in [0.5, 0.6) is 0 Å². The molecule has 1 fully saturated rings. The fraction of sp³-hybridized carbons (Fsp3) is 0.571. The summed E-state index contributed by atoms with van der Waals surface area (Å²) in [6.07, 6.45) is 4.48. The first kappa shape index (κ1) is 13.1. The van der Waals surface area contributed by atoms with Gasteiger partial charge < -0.3 is 10.4 Å². The van der Waals surface area contributed by atoms with Crippen molar-refractivity contribution in [3.63, 3.8) is 0 Å². The normalized spacial score (nSPS) is 23.4. The van der Waals surface area contributed by atoms with E-state index in [2.05, 4.69) is 45.5 Å². The van der Waals surface area contributed by atoms with Gasteiger partial charge in [-0.1, -0.05) is 28.1 Å². The Kier molecular flexibility index (Phi) is 5.01. The molecule has 94 valence electrons. The maximum absolute atomic E-state index is 8.69. The van der Waals surface area contributed by atoms with Gasteiger partial charge in [-0.25, -0.2) is 0 Å². The molecule has 1 aliphatic rings. The minimum atomic E-state index is 0.313. The molecule has 0 spiro atoms. The highest BCUT2D eigenvalue weighted by Gasteiger charge is 2.29. The molecule has 1 aliphatic carbocycles. The van der Waals surface area contributed by atoms with E-state index in [9.17, 15) is 0 Å². The van der Waals surface area contributed by atoms with Crippen LogP contribution >= 0.6 is 15.9 Å². The standard InChI is InChI=1S/C14H20BrNO/c15-13-5-3-4-11(8-13)12-9-14(10-12)16-6-1-2-7-17/h3-5,8,12,14,16-17H,1-2,6-7,9-10H2. The van der Waals surface area contributed by atoms with E-state index in [1.54, 1.807) is 0 Å². The zero-order valence-electron chi connectivity index (χ0n) is 10.0. The first-order chi connectivity index (χ1) is 8.29. The molecule has 1 aromatic rings. The summed E-state index contributed by atoms with van der Waals surface area (Å²) in [5.41, 5.74) is 1.45. The zero-order valence-corrected chi connectivity index (χ0v) is 11.6. The lowest BCUT2D eigenvalue weighted by Gasteiger charge is -2.36. The molecule has 0 aliphatic heterocycles. The van der Waals surface area contributed by atoms with Crippen molar-refractivity contribution in [1.82, 2.24) is 5.32 Å². The highest BCUT2D eigenvalue weighted by atomic mass is 79.9. The van der Waals surface area contributed by atoms with E-state index >= 15 is 0 Å². The van der Waals surface area contributed by atoms with E-state index in [0.717, 1.165) is 25.3 Å². The van der Waals surface area contributed by atoms with Gasteiger partial charge in [0.05, 0.1) is 0 Å². The van der Waals surface area contributed by atoms with Crippen molar-refractivity contribution in [2.45, 2.75) is 37.6 Å². The van der Waals surface area contributed by atoms with Crippen LogP contribution in [0.3, 0.4) is 0 Å². The smallest absolute Gasteiger partial charge is 0.0431 e. The van der Waals surface area contributed by atoms with Gasteiger partial charge in [0.15, 0.2) is 0 Å². The molecule has 0 unspecified atom stereocenters. The van der Waals surface area contributed by atoms with Crippen LogP contribution in [0.4, 0.5) is 0 Å². The van der Waals surface area contributed by atoms with Crippen molar-refractivity contribution in [1.29, 1.82) is 0 Å². The Balaban J connectivity index is 1.68. The topological polar surface area (TPSA) is 32.3 Å². The average Bonchev–Trinajstić information content (AvgIpc) is 2.26. The van der Waals surface area contributed by atoms with Gasteiger partial charge in [0, 0.05) is 17.1 Å². The number of unbranched alkanes of at least 4 members (excludes halogenated alkanes) is 1. The number of aliphatic hydroxyl groups excluding tert-OH is 1. The van der Waals surface area contributed by atoms with Gasteiger partial charge in [-0.3, -0.25) is 0 Å². The summed E-state index contributed by atoms with van der Waals surface area (Å²) in [5, 5.41) is 12.2. The van der Waals surface area contributed by atoms with Crippen molar-refractivity contribution in [2.24, 2.45) is 0 Å². The summed E-state index contributed by atoms with van der Waals surface area (Å²) in [6, 6.07) is 9.32. The van der Waals surface area contributed by atoms with Crippen molar-refractivity contribution in [2.75, 3.05) is 13.2 Å². The van der Waals surface area contributed by atoms with E-state index in [0.29, 0.717) is 12.6 Å². The molecule has 0 atom stereocenters. The molecule has 17 heavy (non-hydrogen) atoms. The van der Waals surface area contributed by atoms with Crippen molar-refractivity contribution >= 4 is 15.9 Å².